The van der Waals surface area contributed by atoms with Gasteiger partial charge in [-0.25, -0.2) is 0 Å². The summed E-state index contributed by atoms with van der Waals surface area (Å²) < 4.78 is 0. The molecule has 20 heavy (non-hydrogen) atoms. The van der Waals surface area contributed by atoms with Gasteiger partial charge in [-0.3, -0.25) is 0 Å². The molecule has 0 saturated carbocycles. The van der Waals surface area contributed by atoms with Gasteiger partial charge in [-0.05, 0) is 50.6 Å². The molecule has 0 bridgehead atoms. The Kier molecular flexibility index (Phi) is 8.74. The summed E-state index contributed by atoms with van der Waals surface area (Å²) in [5, 5.41) is 13.7. The van der Waals surface area contributed by atoms with Gasteiger partial charge in [0.15, 0.2) is 0 Å². The second-order valence-corrected chi connectivity index (χ2v) is 7.01. The number of aliphatic hydroxyl groups is 1. The zero-order valence-electron chi connectivity index (χ0n) is 14.1. The molecular weight excluding hydrogens is 248 g/mol. The number of nitrogens with one attached hydrogen (secondary N) is 1. The lowest BCUT2D eigenvalue weighted by Crippen LogP contribution is -2.50. The zero-order valence-corrected chi connectivity index (χ0v) is 14.1. The Bertz CT molecular complexity index is 245. The second-order valence-electron chi connectivity index (χ2n) is 7.01. The smallest absolute Gasteiger partial charge is 0.0540 e. The molecule has 1 aliphatic heterocycles. The van der Waals surface area contributed by atoms with Gasteiger partial charge in [0.25, 0.3) is 0 Å². The third kappa shape index (κ3) is 7.05. The first kappa shape index (κ1) is 17.9. The molecule has 2 N–H and O–H groups in total. The number of unbranched alkanes of at least 4 members (excludes halogenated alkanes) is 1. The van der Waals surface area contributed by atoms with Gasteiger partial charge < -0.3 is 15.3 Å². The summed E-state index contributed by atoms with van der Waals surface area (Å²) in [6, 6.07) is 0.608. The average Bonchev–Trinajstić information content (AvgIpc) is 2.42. The van der Waals surface area contributed by atoms with Crippen LogP contribution in [0.5, 0.6) is 0 Å². The Morgan fingerprint density at radius 1 is 1.25 bits per heavy atom. The maximum absolute atomic E-state index is 9.94. The summed E-state index contributed by atoms with van der Waals surface area (Å²) in [7, 11) is 0. The van der Waals surface area contributed by atoms with E-state index in [1.54, 1.807) is 0 Å². The number of hydrogen-bond donors (Lipinski definition) is 2. The molecule has 0 radical (unpaired) electrons. The molecule has 3 unspecified atom stereocenters. The van der Waals surface area contributed by atoms with Crippen LogP contribution in [-0.2, 0) is 0 Å². The fraction of sp³-hybridized carbons (Fsp3) is 1.00. The Labute approximate surface area is 126 Å². The lowest BCUT2D eigenvalue weighted by Gasteiger charge is -2.39. The highest BCUT2D eigenvalue weighted by atomic mass is 16.3. The van der Waals surface area contributed by atoms with Crippen molar-refractivity contribution in [1.29, 1.82) is 0 Å². The standard InChI is InChI=1S/C17H36N2O/c1-5-7-8-19-12-15(10-17(20)6-2)9-16(13-19)18-11-14(3)4/h14-18,20H,5-13H2,1-4H3. The molecule has 1 aliphatic rings. The van der Waals surface area contributed by atoms with E-state index in [0.717, 1.165) is 19.4 Å². The van der Waals surface area contributed by atoms with Gasteiger partial charge in [-0.1, -0.05) is 34.1 Å². The van der Waals surface area contributed by atoms with E-state index in [1.165, 1.54) is 38.9 Å². The van der Waals surface area contributed by atoms with Gasteiger partial charge in [-0.15, -0.1) is 0 Å². The lowest BCUT2D eigenvalue weighted by molar-refractivity contribution is 0.0826. The van der Waals surface area contributed by atoms with Crippen molar-refractivity contribution >= 4 is 0 Å². The molecule has 0 aromatic heterocycles. The molecule has 1 heterocycles. The predicted molar refractivity (Wildman–Crippen MR) is 87.0 cm³/mol. The van der Waals surface area contributed by atoms with E-state index in [0.29, 0.717) is 17.9 Å². The third-order valence-corrected chi connectivity index (χ3v) is 4.33. The maximum atomic E-state index is 9.94. The third-order valence-electron chi connectivity index (χ3n) is 4.33. The largest absolute Gasteiger partial charge is 0.393 e. The predicted octanol–water partition coefficient (Wildman–Crippen LogP) is 2.88. The summed E-state index contributed by atoms with van der Waals surface area (Å²) in [6.07, 6.45) is 5.53. The molecule has 0 aromatic carbocycles. The number of nitrogens with zero attached hydrogens (tertiary/aromatic N) is 1. The quantitative estimate of drug-likeness (QED) is 0.683. The normalized spacial score (nSPS) is 26.1. The molecule has 0 amide bonds. The van der Waals surface area contributed by atoms with E-state index in [4.69, 9.17) is 0 Å². The SMILES string of the molecule is CCCCN1CC(CC(O)CC)CC(NCC(C)C)C1. The van der Waals surface area contributed by atoms with Crippen LogP contribution in [-0.4, -0.2) is 48.3 Å². The first-order valence-electron chi connectivity index (χ1n) is 8.68. The van der Waals surface area contributed by atoms with Crippen molar-refractivity contribution in [1.82, 2.24) is 10.2 Å². The molecule has 1 fully saturated rings. The van der Waals surface area contributed by atoms with Gasteiger partial charge in [0.05, 0.1) is 6.10 Å². The molecule has 3 atom stereocenters. The first-order chi connectivity index (χ1) is 9.55. The van der Waals surface area contributed by atoms with Crippen LogP contribution in [0.25, 0.3) is 0 Å². The lowest BCUT2D eigenvalue weighted by atomic mass is 9.88. The molecule has 3 heteroatoms. The van der Waals surface area contributed by atoms with Crippen LogP contribution < -0.4 is 5.32 Å². The molecule has 3 nitrogen and oxygen atoms in total. The van der Waals surface area contributed by atoms with E-state index in [-0.39, 0.29) is 6.10 Å². The molecule has 0 spiro atoms. The van der Waals surface area contributed by atoms with Crippen molar-refractivity contribution in [3.63, 3.8) is 0 Å². The fourth-order valence-corrected chi connectivity index (χ4v) is 3.14. The Hall–Kier alpha value is -0.120. The van der Waals surface area contributed by atoms with Gasteiger partial charge >= 0.3 is 0 Å². The highest BCUT2D eigenvalue weighted by molar-refractivity contribution is 4.84. The molecule has 0 aliphatic carbocycles. The van der Waals surface area contributed by atoms with Gasteiger partial charge in [0, 0.05) is 19.1 Å². The van der Waals surface area contributed by atoms with Crippen molar-refractivity contribution < 1.29 is 5.11 Å². The Morgan fingerprint density at radius 2 is 2.00 bits per heavy atom. The summed E-state index contributed by atoms with van der Waals surface area (Å²) >= 11 is 0. The van der Waals surface area contributed by atoms with Crippen LogP contribution >= 0.6 is 0 Å². The van der Waals surface area contributed by atoms with E-state index < -0.39 is 0 Å². The minimum atomic E-state index is -0.114. The highest BCUT2D eigenvalue weighted by Crippen LogP contribution is 2.23. The van der Waals surface area contributed by atoms with Crippen LogP contribution in [0.1, 0.15) is 59.8 Å². The average molecular weight is 284 g/mol. The Balaban J connectivity index is 2.48. The summed E-state index contributed by atoms with van der Waals surface area (Å²) in [5.41, 5.74) is 0. The zero-order chi connectivity index (χ0) is 15.0. The monoisotopic (exact) mass is 284 g/mol. The molecule has 1 saturated heterocycles. The number of likely N-dealkylation sites (tertiary alicyclic amines) is 1. The Morgan fingerprint density at radius 3 is 2.60 bits per heavy atom. The van der Waals surface area contributed by atoms with Crippen LogP contribution in [0, 0.1) is 11.8 Å². The van der Waals surface area contributed by atoms with Gasteiger partial charge in [-0.2, -0.15) is 0 Å². The summed E-state index contributed by atoms with van der Waals surface area (Å²) in [4.78, 5) is 2.61. The van der Waals surface area contributed by atoms with Crippen LogP contribution in [0.15, 0.2) is 0 Å². The first-order valence-corrected chi connectivity index (χ1v) is 8.68. The number of hydrogen-bond acceptors (Lipinski definition) is 3. The van der Waals surface area contributed by atoms with Gasteiger partial charge in [0.1, 0.15) is 0 Å². The van der Waals surface area contributed by atoms with E-state index in [1.807, 2.05) is 0 Å². The van der Waals surface area contributed by atoms with Gasteiger partial charge in [0.2, 0.25) is 0 Å². The molecule has 1 rings (SSSR count). The minimum absolute atomic E-state index is 0.114. The van der Waals surface area contributed by atoms with E-state index in [9.17, 15) is 5.11 Å². The number of piperidine rings is 1. The minimum Gasteiger partial charge on any atom is -0.393 e. The number of aliphatic hydroxyl groups excluding tert-OH is 1. The van der Waals surface area contributed by atoms with Crippen LogP contribution in [0.3, 0.4) is 0 Å². The summed E-state index contributed by atoms with van der Waals surface area (Å²) in [6.45, 7) is 13.6. The molecule has 0 aromatic rings. The summed E-state index contributed by atoms with van der Waals surface area (Å²) in [5.74, 6) is 1.36. The van der Waals surface area contributed by atoms with E-state index in [2.05, 4.69) is 37.9 Å². The van der Waals surface area contributed by atoms with E-state index >= 15 is 0 Å². The van der Waals surface area contributed by atoms with Crippen LogP contribution in [0.2, 0.25) is 0 Å². The van der Waals surface area contributed by atoms with Crippen molar-refractivity contribution in [2.75, 3.05) is 26.2 Å². The maximum Gasteiger partial charge on any atom is 0.0540 e. The molecular formula is C17H36N2O. The van der Waals surface area contributed by atoms with Crippen molar-refractivity contribution in [3.05, 3.63) is 0 Å². The highest BCUT2D eigenvalue weighted by Gasteiger charge is 2.27. The topological polar surface area (TPSA) is 35.5 Å². The van der Waals surface area contributed by atoms with Crippen LogP contribution in [0.4, 0.5) is 0 Å². The van der Waals surface area contributed by atoms with Crippen molar-refractivity contribution in [3.8, 4) is 0 Å². The van der Waals surface area contributed by atoms with Crippen molar-refractivity contribution in [2.45, 2.75) is 71.9 Å². The fourth-order valence-electron chi connectivity index (χ4n) is 3.14. The second kappa shape index (κ2) is 9.75. The molecule has 120 valence electrons. The van der Waals surface area contributed by atoms with Crippen molar-refractivity contribution in [2.24, 2.45) is 11.8 Å². The number of rotatable bonds is 9.